The van der Waals surface area contributed by atoms with Gasteiger partial charge in [0.1, 0.15) is 5.69 Å². The van der Waals surface area contributed by atoms with Crippen LogP contribution < -0.4 is 10.9 Å². The number of nitrogens with zero attached hydrogens (tertiary/aromatic N) is 2. The zero-order valence-corrected chi connectivity index (χ0v) is 14.0. The Labute approximate surface area is 140 Å². The van der Waals surface area contributed by atoms with Gasteiger partial charge in [-0.1, -0.05) is 43.1 Å². The summed E-state index contributed by atoms with van der Waals surface area (Å²) in [5, 5.41) is 7.59. The van der Waals surface area contributed by atoms with E-state index in [1.165, 1.54) is 16.8 Å². The Morgan fingerprint density at radius 3 is 2.74 bits per heavy atom. The van der Waals surface area contributed by atoms with Gasteiger partial charge in [-0.05, 0) is 31.0 Å². The fourth-order valence-electron chi connectivity index (χ4n) is 2.21. The summed E-state index contributed by atoms with van der Waals surface area (Å²) in [5.74, 6) is -0.331. The number of unbranched alkanes of at least 4 members (excludes halogenated alkanes) is 1. The number of hydrogen-bond acceptors (Lipinski definition) is 3. The molecule has 0 radical (unpaired) electrons. The molecule has 23 heavy (non-hydrogen) atoms. The summed E-state index contributed by atoms with van der Waals surface area (Å²) in [6.07, 6.45) is 1.79. The maximum absolute atomic E-state index is 12.3. The van der Waals surface area contributed by atoms with Crippen LogP contribution in [0.4, 0.5) is 0 Å². The van der Waals surface area contributed by atoms with Crippen molar-refractivity contribution in [2.45, 2.75) is 39.3 Å². The Hall–Kier alpha value is -2.14. The van der Waals surface area contributed by atoms with Crippen molar-refractivity contribution < 1.29 is 4.79 Å². The molecule has 0 aliphatic heterocycles. The van der Waals surface area contributed by atoms with E-state index in [1.807, 2.05) is 32.0 Å². The number of carbonyl (C=O) groups excluding carboxylic acids is 1. The molecule has 0 aliphatic rings. The second-order valence-corrected chi connectivity index (χ2v) is 5.76. The van der Waals surface area contributed by atoms with Gasteiger partial charge in [0.2, 0.25) is 0 Å². The van der Waals surface area contributed by atoms with Crippen LogP contribution >= 0.6 is 11.6 Å². The number of aryl methyl sites for hydroxylation is 1. The topological polar surface area (TPSA) is 64.0 Å². The lowest BCUT2D eigenvalue weighted by molar-refractivity contribution is 0.0932. The molecule has 0 fully saturated rings. The number of halogens is 1. The molecule has 1 unspecified atom stereocenters. The van der Waals surface area contributed by atoms with Crippen molar-refractivity contribution >= 4 is 17.5 Å². The minimum absolute atomic E-state index is 0.200. The van der Waals surface area contributed by atoms with Gasteiger partial charge in [0.25, 0.3) is 11.5 Å². The third kappa shape index (κ3) is 4.42. The van der Waals surface area contributed by atoms with Crippen molar-refractivity contribution in [1.82, 2.24) is 15.1 Å². The average molecular weight is 334 g/mol. The molecular formula is C17H20ClN3O2. The summed E-state index contributed by atoms with van der Waals surface area (Å²) >= 11 is 6.14. The van der Waals surface area contributed by atoms with E-state index in [0.29, 0.717) is 11.6 Å². The molecule has 5 nitrogen and oxygen atoms in total. The molecule has 6 heteroatoms. The van der Waals surface area contributed by atoms with Gasteiger partial charge in [-0.15, -0.1) is 0 Å². The third-order valence-electron chi connectivity index (χ3n) is 3.54. The van der Waals surface area contributed by atoms with Crippen LogP contribution in [0.5, 0.6) is 0 Å². The van der Waals surface area contributed by atoms with Crippen LogP contribution in [0.3, 0.4) is 0 Å². The minimum atomic E-state index is -0.331. The van der Waals surface area contributed by atoms with Crippen LogP contribution in [-0.4, -0.2) is 15.7 Å². The lowest BCUT2D eigenvalue weighted by Gasteiger charge is -2.15. The van der Waals surface area contributed by atoms with Gasteiger partial charge in [-0.3, -0.25) is 9.59 Å². The van der Waals surface area contributed by atoms with Gasteiger partial charge >= 0.3 is 0 Å². The van der Waals surface area contributed by atoms with Crippen molar-refractivity contribution in [3.8, 4) is 0 Å². The Kier molecular flexibility index (Phi) is 5.93. The summed E-state index contributed by atoms with van der Waals surface area (Å²) in [7, 11) is 0. The van der Waals surface area contributed by atoms with Gasteiger partial charge < -0.3 is 5.32 Å². The largest absolute Gasteiger partial charge is 0.344 e. The van der Waals surface area contributed by atoms with Crippen LogP contribution in [0.1, 0.15) is 48.8 Å². The molecule has 2 rings (SSSR count). The molecule has 0 saturated heterocycles. The number of benzene rings is 1. The van der Waals surface area contributed by atoms with E-state index in [4.69, 9.17) is 11.6 Å². The summed E-state index contributed by atoms with van der Waals surface area (Å²) in [4.78, 5) is 24.1. The number of aromatic nitrogens is 2. The van der Waals surface area contributed by atoms with E-state index in [0.717, 1.165) is 18.4 Å². The van der Waals surface area contributed by atoms with Crippen LogP contribution in [-0.2, 0) is 6.54 Å². The number of nitrogens with one attached hydrogen (secondary N) is 1. The first-order valence-electron chi connectivity index (χ1n) is 7.66. The highest BCUT2D eigenvalue weighted by molar-refractivity contribution is 6.31. The lowest BCUT2D eigenvalue weighted by atomic mass is 10.1. The highest BCUT2D eigenvalue weighted by Gasteiger charge is 2.15. The summed E-state index contributed by atoms with van der Waals surface area (Å²) in [6.45, 7) is 4.40. The fraction of sp³-hybridized carbons (Fsp3) is 0.353. The molecule has 1 N–H and O–H groups in total. The van der Waals surface area contributed by atoms with Crippen molar-refractivity contribution in [1.29, 1.82) is 0 Å². The molecule has 2 aromatic rings. The van der Waals surface area contributed by atoms with Gasteiger partial charge in [0.05, 0.1) is 6.04 Å². The Morgan fingerprint density at radius 1 is 1.30 bits per heavy atom. The third-order valence-corrected chi connectivity index (χ3v) is 3.89. The van der Waals surface area contributed by atoms with Crippen LogP contribution in [0.15, 0.2) is 41.2 Å². The van der Waals surface area contributed by atoms with Crippen molar-refractivity contribution in [2.24, 2.45) is 0 Å². The van der Waals surface area contributed by atoms with Crippen LogP contribution in [0.2, 0.25) is 5.02 Å². The van der Waals surface area contributed by atoms with Crippen molar-refractivity contribution in [3.05, 3.63) is 63.0 Å². The van der Waals surface area contributed by atoms with E-state index < -0.39 is 0 Å². The van der Waals surface area contributed by atoms with Crippen LogP contribution in [0.25, 0.3) is 0 Å². The second-order valence-electron chi connectivity index (χ2n) is 5.35. The van der Waals surface area contributed by atoms with Gasteiger partial charge in [0, 0.05) is 17.6 Å². The molecule has 1 aromatic carbocycles. The highest BCUT2D eigenvalue weighted by Crippen LogP contribution is 2.22. The Bertz CT molecular complexity index is 743. The van der Waals surface area contributed by atoms with E-state index in [-0.39, 0.29) is 23.2 Å². The number of rotatable bonds is 6. The quantitative estimate of drug-likeness (QED) is 0.883. The molecule has 0 spiro atoms. The molecule has 1 heterocycles. The van der Waals surface area contributed by atoms with Gasteiger partial charge in [-0.2, -0.15) is 5.10 Å². The van der Waals surface area contributed by atoms with Gasteiger partial charge in [0.15, 0.2) is 0 Å². The lowest BCUT2D eigenvalue weighted by Crippen LogP contribution is -2.31. The number of amides is 1. The molecular weight excluding hydrogens is 314 g/mol. The SMILES string of the molecule is CCCCn1nc(C(=O)NC(C)c2ccccc2Cl)ccc1=O. The summed E-state index contributed by atoms with van der Waals surface area (Å²) in [6, 6.07) is 9.91. The van der Waals surface area contributed by atoms with Crippen molar-refractivity contribution in [2.75, 3.05) is 0 Å². The minimum Gasteiger partial charge on any atom is -0.344 e. The molecule has 0 bridgehead atoms. The standard InChI is InChI=1S/C17H20ClN3O2/c1-3-4-11-21-16(22)10-9-15(20-21)17(23)19-12(2)13-7-5-6-8-14(13)18/h5-10,12H,3-4,11H2,1-2H3,(H,19,23). The molecule has 1 atom stereocenters. The maximum atomic E-state index is 12.3. The van der Waals surface area contributed by atoms with Crippen LogP contribution in [0, 0.1) is 0 Å². The average Bonchev–Trinajstić information content (AvgIpc) is 2.54. The zero-order valence-electron chi connectivity index (χ0n) is 13.3. The first-order valence-corrected chi connectivity index (χ1v) is 8.04. The van der Waals surface area contributed by atoms with Gasteiger partial charge in [-0.25, -0.2) is 4.68 Å². The van der Waals surface area contributed by atoms with E-state index in [9.17, 15) is 9.59 Å². The molecule has 1 aromatic heterocycles. The first-order chi connectivity index (χ1) is 11.0. The number of carbonyl (C=O) groups is 1. The van der Waals surface area contributed by atoms with Crippen molar-refractivity contribution in [3.63, 3.8) is 0 Å². The monoisotopic (exact) mass is 333 g/mol. The smallest absolute Gasteiger partial charge is 0.272 e. The van der Waals surface area contributed by atoms with E-state index >= 15 is 0 Å². The summed E-state index contributed by atoms with van der Waals surface area (Å²) < 4.78 is 1.33. The summed E-state index contributed by atoms with van der Waals surface area (Å²) in [5.41, 5.74) is 0.857. The molecule has 1 amide bonds. The number of hydrogen-bond donors (Lipinski definition) is 1. The molecule has 122 valence electrons. The second kappa shape index (κ2) is 7.92. The first kappa shape index (κ1) is 17.2. The fourth-order valence-corrected chi connectivity index (χ4v) is 2.51. The zero-order chi connectivity index (χ0) is 16.8. The highest BCUT2D eigenvalue weighted by atomic mass is 35.5. The maximum Gasteiger partial charge on any atom is 0.272 e. The predicted molar refractivity (Wildman–Crippen MR) is 90.7 cm³/mol. The predicted octanol–water partition coefficient (Wildman–Crippen LogP) is 3.19. The van der Waals surface area contributed by atoms with E-state index in [1.54, 1.807) is 6.07 Å². The normalized spacial score (nSPS) is 12.0. The molecule has 0 saturated carbocycles. The van der Waals surface area contributed by atoms with E-state index in [2.05, 4.69) is 10.4 Å². The Morgan fingerprint density at radius 2 is 2.04 bits per heavy atom. The Balaban J connectivity index is 2.14. The molecule has 0 aliphatic carbocycles.